The van der Waals surface area contributed by atoms with Crippen LogP contribution in [0, 0.1) is 5.41 Å². The van der Waals surface area contributed by atoms with Gasteiger partial charge in [0.2, 0.25) is 5.91 Å². The highest BCUT2D eigenvalue weighted by atomic mass is 35.5. The number of nitrogens with one attached hydrogen (secondary N) is 1. The van der Waals surface area contributed by atoms with Crippen LogP contribution in [0.5, 0.6) is 0 Å². The Morgan fingerprint density at radius 1 is 1.25 bits per heavy atom. The SMILES string of the molecule is CCOC1CC(N)(C(=O)NCCN(C(C)C)C(C)C)C1(C)C.Cl.Cl. The van der Waals surface area contributed by atoms with Gasteiger partial charge in [-0.2, -0.15) is 0 Å². The molecule has 5 nitrogen and oxygen atoms in total. The fourth-order valence-electron chi connectivity index (χ4n) is 3.39. The summed E-state index contributed by atoms with van der Waals surface area (Å²) in [4.78, 5) is 14.9. The molecule has 146 valence electrons. The first kappa shape index (κ1) is 26.2. The molecule has 1 amide bonds. The third-order valence-electron chi connectivity index (χ3n) is 5.22. The predicted molar refractivity (Wildman–Crippen MR) is 105 cm³/mol. The lowest BCUT2D eigenvalue weighted by molar-refractivity contribution is -0.170. The van der Waals surface area contributed by atoms with E-state index in [1.807, 2.05) is 20.8 Å². The number of halogens is 2. The van der Waals surface area contributed by atoms with Gasteiger partial charge in [0.15, 0.2) is 0 Å². The van der Waals surface area contributed by atoms with Crippen molar-refractivity contribution < 1.29 is 9.53 Å². The summed E-state index contributed by atoms with van der Waals surface area (Å²) >= 11 is 0. The van der Waals surface area contributed by atoms with Crippen molar-refractivity contribution in [2.45, 2.75) is 78.6 Å². The van der Waals surface area contributed by atoms with Crippen molar-refractivity contribution in [3.05, 3.63) is 0 Å². The van der Waals surface area contributed by atoms with E-state index >= 15 is 0 Å². The average molecular weight is 386 g/mol. The van der Waals surface area contributed by atoms with E-state index in [1.165, 1.54) is 0 Å². The molecule has 2 atom stereocenters. The average Bonchev–Trinajstić information content (AvgIpc) is 2.41. The number of carbonyl (C=O) groups is 1. The van der Waals surface area contributed by atoms with Gasteiger partial charge in [0, 0.05) is 43.6 Å². The van der Waals surface area contributed by atoms with Crippen LogP contribution in [0.4, 0.5) is 0 Å². The van der Waals surface area contributed by atoms with Gasteiger partial charge in [0.25, 0.3) is 0 Å². The Morgan fingerprint density at radius 3 is 2.12 bits per heavy atom. The maximum atomic E-state index is 12.5. The molecule has 1 rings (SSSR count). The van der Waals surface area contributed by atoms with Crippen LogP contribution in [0.2, 0.25) is 0 Å². The van der Waals surface area contributed by atoms with E-state index in [9.17, 15) is 4.79 Å². The third-order valence-corrected chi connectivity index (χ3v) is 5.22. The number of amides is 1. The highest BCUT2D eigenvalue weighted by molar-refractivity contribution is 5.88. The lowest BCUT2D eigenvalue weighted by Crippen LogP contribution is -2.76. The largest absolute Gasteiger partial charge is 0.378 e. The second kappa shape index (κ2) is 10.2. The molecule has 1 aliphatic rings. The van der Waals surface area contributed by atoms with Gasteiger partial charge in [-0.05, 0) is 34.6 Å². The summed E-state index contributed by atoms with van der Waals surface area (Å²) in [6.45, 7) is 16.8. The number of nitrogens with zero attached hydrogens (tertiary/aromatic N) is 1. The number of ether oxygens (including phenoxy) is 1. The fourth-order valence-corrected chi connectivity index (χ4v) is 3.39. The van der Waals surface area contributed by atoms with E-state index in [1.54, 1.807) is 0 Å². The lowest BCUT2D eigenvalue weighted by atomic mass is 9.54. The van der Waals surface area contributed by atoms with Crippen molar-refractivity contribution in [3.63, 3.8) is 0 Å². The van der Waals surface area contributed by atoms with E-state index in [0.29, 0.717) is 31.7 Å². The molecule has 0 radical (unpaired) electrons. The molecule has 0 aromatic rings. The fraction of sp³-hybridized carbons (Fsp3) is 0.941. The van der Waals surface area contributed by atoms with E-state index in [0.717, 1.165) is 6.54 Å². The number of hydrogen-bond donors (Lipinski definition) is 2. The molecule has 0 bridgehead atoms. The minimum absolute atomic E-state index is 0. The molecule has 0 spiro atoms. The van der Waals surface area contributed by atoms with Crippen LogP contribution < -0.4 is 11.1 Å². The Balaban J connectivity index is 0. The molecule has 1 saturated carbocycles. The van der Waals surface area contributed by atoms with Crippen molar-refractivity contribution in [2.75, 3.05) is 19.7 Å². The van der Waals surface area contributed by atoms with Crippen LogP contribution in [-0.4, -0.2) is 54.2 Å². The summed E-state index contributed by atoms with van der Waals surface area (Å²) in [5.41, 5.74) is 5.22. The predicted octanol–water partition coefficient (Wildman–Crippen LogP) is 2.60. The molecule has 0 aromatic heterocycles. The zero-order chi connectivity index (χ0) is 17.1. The van der Waals surface area contributed by atoms with Crippen LogP contribution in [0.1, 0.15) is 54.9 Å². The minimum Gasteiger partial charge on any atom is -0.378 e. The molecular weight excluding hydrogens is 349 g/mol. The molecule has 0 aliphatic heterocycles. The van der Waals surface area contributed by atoms with Gasteiger partial charge in [0.05, 0.1) is 6.10 Å². The number of hydrogen-bond acceptors (Lipinski definition) is 4. The number of carbonyl (C=O) groups excluding carboxylic acids is 1. The molecule has 7 heteroatoms. The van der Waals surface area contributed by atoms with Gasteiger partial charge in [-0.3, -0.25) is 9.69 Å². The second-order valence-corrected chi connectivity index (χ2v) is 7.52. The molecule has 0 saturated heterocycles. The van der Waals surface area contributed by atoms with Crippen LogP contribution in [-0.2, 0) is 9.53 Å². The first-order chi connectivity index (χ1) is 10.1. The van der Waals surface area contributed by atoms with Crippen molar-refractivity contribution in [1.82, 2.24) is 10.2 Å². The van der Waals surface area contributed by atoms with Gasteiger partial charge in [-0.15, -0.1) is 24.8 Å². The van der Waals surface area contributed by atoms with Crippen molar-refractivity contribution in [1.29, 1.82) is 0 Å². The van der Waals surface area contributed by atoms with Gasteiger partial charge < -0.3 is 15.8 Å². The summed E-state index contributed by atoms with van der Waals surface area (Å²) in [6, 6.07) is 0.928. The van der Waals surface area contributed by atoms with Crippen LogP contribution in [0.15, 0.2) is 0 Å². The molecular formula is C17H37Cl2N3O2. The molecule has 1 fully saturated rings. The van der Waals surface area contributed by atoms with E-state index in [4.69, 9.17) is 10.5 Å². The van der Waals surface area contributed by atoms with E-state index in [2.05, 4.69) is 37.9 Å². The van der Waals surface area contributed by atoms with Gasteiger partial charge in [-0.25, -0.2) is 0 Å². The summed E-state index contributed by atoms with van der Waals surface area (Å²) in [5, 5.41) is 3.02. The van der Waals surface area contributed by atoms with Crippen LogP contribution in [0.3, 0.4) is 0 Å². The quantitative estimate of drug-likeness (QED) is 0.673. The Morgan fingerprint density at radius 2 is 1.75 bits per heavy atom. The lowest BCUT2D eigenvalue weighted by Gasteiger charge is -2.57. The van der Waals surface area contributed by atoms with Crippen LogP contribution >= 0.6 is 24.8 Å². The molecule has 3 N–H and O–H groups in total. The zero-order valence-electron chi connectivity index (χ0n) is 16.2. The maximum Gasteiger partial charge on any atom is 0.240 e. The zero-order valence-corrected chi connectivity index (χ0v) is 17.9. The molecule has 0 aromatic carbocycles. The molecule has 2 unspecified atom stereocenters. The first-order valence-corrected chi connectivity index (χ1v) is 8.52. The normalized spacial score (nSPS) is 25.0. The van der Waals surface area contributed by atoms with Crippen LogP contribution in [0.25, 0.3) is 0 Å². The standard InChI is InChI=1S/C17H35N3O2.2ClH/c1-8-22-14-11-17(18,16(14,6)7)15(21)19-9-10-20(12(2)3)13(4)5;;/h12-14H,8-11,18H2,1-7H3,(H,19,21);2*1H. The Hall–Kier alpha value is -0.0700. The smallest absolute Gasteiger partial charge is 0.240 e. The van der Waals surface area contributed by atoms with Gasteiger partial charge in [-0.1, -0.05) is 13.8 Å². The van der Waals surface area contributed by atoms with Gasteiger partial charge >= 0.3 is 0 Å². The number of nitrogens with two attached hydrogens (primary N) is 1. The van der Waals surface area contributed by atoms with Crippen molar-refractivity contribution in [2.24, 2.45) is 11.1 Å². The number of rotatable bonds is 8. The maximum absolute atomic E-state index is 12.5. The van der Waals surface area contributed by atoms with Crippen molar-refractivity contribution >= 4 is 30.7 Å². The summed E-state index contributed by atoms with van der Waals surface area (Å²) in [7, 11) is 0. The highest BCUT2D eigenvalue weighted by Gasteiger charge is 2.62. The minimum atomic E-state index is -0.826. The van der Waals surface area contributed by atoms with E-state index in [-0.39, 0.29) is 42.2 Å². The Bertz CT molecular complexity index is 384. The first-order valence-electron chi connectivity index (χ1n) is 8.52. The summed E-state index contributed by atoms with van der Waals surface area (Å²) in [5.74, 6) is -0.0547. The summed E-state index contributed by atoms with van der Waals surface area (Å²) in [6.07, 6.45) is 0.661. The second-order valence-electron chi connectivity index (χ2n) is 7.52. The Labute approximate surface area is 160 Å². The van der Waals surface area contributed by atoms with Gasteiger partial charge in [0.1, 0.15) is 5.54 Å². The third kappa shape index (κ3) is 5.21. The molecule has 24 heavy (non-hydrogen) atoms. The highest BCUT2D eigenvalue weighted by Crippen LogP contribution is 2.49. The van der Waals surface area contributed by atoms with E-state index < -0.39 is 5.54 Å². The molecule has 1 aliphatic carbocycles. The monoisotopic (exact) mass is 385 g/mol. The summed E-state index contributed by atoms with van der Waals surface area (Å²) < 4.78 is 5.68. The molecule has 0 heterocycles. The van der Waals surface area contributed by atoms with Crippen molar-refractivity contribution in [3.8, 4) is 0 Å². The Kier molecular flexibility index (Phi) is 11.1. The topological polar surface area (TPSA) is 67.6 Å².